The minimum absolute atomic E-state index is 0.756. The second-order valence-corrected chi connectivity index (χ2v) is 4.03. The summed E-state index contributed by atoms with van der Waals surface area (Å²) in [6, 6.07) is 6.72. The van der Waals surface area contributed by atoms with Crippen molar-refractivity contribution in [3.63, 3.8) is 0 Å². The highest BCUT2D eigenvalue weighted by Crippen LogP contribution is 2.14. The van der Waals surface area contributed by atoms with E-state index in [4.69, 9.17) is 0 Å². The first-order valence-electron chi connectivity index (χ1n) is 4.65. The standard InChI is InChI=1S/C12H18/c1-9(2)7-12-6-5-10(3)8-11(12)4/h5-6,8-9H,7H2,1-4H3. The van der Waals surface area contributed by atoms with Crippen LogP contribution in [0.15, 0.2) is 18.2 Å². The molecule has 0 saturated heterocycles. The normalized spacial score (nSPS) is 10.8. The lowest BCUT2D eigenvalue weighted by molar-refractivity contribution is 0.645. The molecule has 0 aliphatic carbocycles. The molecular weight excluding hydrogens is 144 g/mol. The van der Waals surface area contributed by atoms with Gasteiger partial charge >= 0.3 is 0 Å². The number of hydrogen-bond acceptors (Lipinski definition) is 0. The van der Waals surface area contributed by atoms with Crippen LogP contribution in [0.25, 0.3) is 0 Å². The fraction of sp³-hybridized carbons (Fsp3) is 0.500. The summed E-state index contributed by atoms with van der Waals surface area (Å²) >= 11 is 0. The van der Waals surface area contributed by atoms with Crippen LogP contribution < -0.4 is 0 Å². The molecule has 0 heterocycles. The predicted octanol–water partition coefficient (Wildman–Crippen LogP) is 3.50. The molecule has 0 saturated carbocycles. The molecule has 0 atom stereocenters. The second-order valence-electron chi connectivity index (χ2n) is 4.03. The molecule has 0 radical (unpaired) electrons. The first kappa shape index (κ1) is 9.31. The van der Waals surface area contributed by atoms with Crippen molar-refractivity contribution in [1.29, 1.82) is 0 Å². The van der Waals surface area contributed by atoms with E-state index in [0.29, 0.717) is 0 Å². The maximum absolute atomic E-state index is 2.26. The SMILES string of the molecule is Cc1ccc(CC(C)C)c(C)c1. The number of aryl methyl sites for hydroxylation is 2. The first-order chi connectivity index (χ1) is 5.59. The van der Waals surface area contributed by atoms with E-state index in [0.717, 1.165) is 5.92 Å². The molecule has 0 heteroatoms. The van der Waals surface area contributed by atoms with E-state index in [9.17, 15) is 0 Å². The van der Waals surface area contributed by atoms with Gasteiger partial charge in [0, 0.05) is 0 Å². The van der Waals surface area contributed by atoms with Crippen molar-refractivity contribution in [2.45, 2.75) is 34.1 Å². The lowest BCUT2D eigenvalue weighted by atomic mass is 9.97. The van der Waals surface area contributed by atoms with Crippen molar-refractivity contribution >= 4 is 0 Å². The fourth-order valence-electron chi connectivity index (χ4n) is 1.51. The summed E-state index contributed by atoms with van der Waals surface area (Å²) in [5.74, 6) is 0.756. The van der Waals surface area contributed by atoms with Gasteiger partial charge in [-0.3, -0.25) is 0 Å². The zero-order valence-corrected chi connectivity index (χ0v) is 8.52. The van der Waals surface area contributed by atoms with Crippen molar-refractivity contribution in [3.05, 3.63) is 34.9 Å². The Morgan fingerprint density at radius 3 is 2.33 bits per heavy atom. The van der Waals surface area contributed by atoms with Gasteiger partial charge in [-0.1, -0.05) is 37.6 Å². The average Bonchev–Trinajstić information content (AvgIpc) is 1.94. The Bertz CT molecular complexity index is 259. The quantitative estimate of drug-likeness (QED) is 0.624. The van der Waals surface area contributed by atoms with Gasteiger partial charge in [0.2, 0.25) is 0 Å². The Morgan fingerprint density at radius 1 is 1.17 bits per heavy atom. The van der Waals surface area contributed by atoms with Crippen molar-refractivity contribution in [3.8, 4) is 0 Å². The molecule has 1 aromatic carbocycles. The zero-order valence-electron chi connectivity index (χ0n) is 8.52. The van der Waals surface area contributed by atoms with E-state index in [1.165, 1.54) is 23.1 Å². The van der Waals surface area contributed by atoms with Crippen molar-refractivity contribution in [1.82, 2.24) is 0 Å². The molecule has 0 fully saturated rings. The largest absolute Gasteiger partial charge is 0.0625 e. The van der Waals surface area contributed by atoms with E-state index in [2.05, 4.69) is 45.9 Å². The molecule has 1 aromatic rings. The molecule has 0 N–H and O–H groups in total. The van der Waals surface area contributed by atoms with Crippen LogP contribution in [0.3, 0.4) is 0 Å². The van der Waals surface area contributed by atoms with Crippen molar-refractivity contribution in [2.24, 2.45) is 5.92 Å². The van der Waals surface area contributed by atoms with Crippen LogP contribution in [0.4, 0.5) is 0 Å². The summed E-state index contributed by atoms with van der Waals surface area (Å²) in [4.78, 5) is 0. The molecule has 0 aliphatic heterocycles. The molecule has 1 rings (SSSR count). The van der Waals surface area contributed by atoms with Crippen LogP contribution in [0.1, 0.15) is 30.5 Å². The maximum atomic E-state index is 2.26. The summed E-state index contributed by atoms with van der Waals surface area (Å²) < 4.78 is 0. The van der Waals surface area contributed by atoms with Gasteiger partial charge in [0.15, 0.2) is 0 Å². The minimum atomic E-state index is 0.756. The van der Waals surface area contributed by atoms with E-state index >= 15 is 0 Å². The Morgan fingerprint density at radius 2 is 1.83 bits per heavy atom. The number of benzene rings is 1. The first-order valence-corrected chi connectivity index (χ1v) is 4.65. The topological polar surface area (TPSA) is 0 Å². The molecule has 0 nitrogen and oxygen atoms in total. The van der Waals surface area contributed by atoms with Crippen LogP contribution in [0.2, 0.25) is 0 Å². The third kappa shape index (κ3) is 2.37. The van der Waals surface area contributed by atoms with Gasteiger partial charge < -0.3 is 0 Å². The molecule has 0 aromatic heterocycles. The lowest BCUT2D eigenvalue weighted by Crippen LogP contribution is -1.96. The maximum Gasteiger partial charge on any atom is -0.0253 e. The van der Waals surface area contributed by atoms with Crippen LogP contribution in [0.5, 0.6) is 0 Å². The number of hydrogen-bond donors (Lipinski definition) is 0. The Hall–Kier alpha value is -0.780. The highest BCUT2D eigenvalue weighted by molar-refractivity contribution is 5.30. The van der Waals surface area contributed by atoms with Gasteiger partial charge in [0.25, 0.3) is 0 Å². The molecular formula is C12H18. The molecule has 0 bridgehead atoms. The van der Waals surface area contributed by atoms with Gasteiger partial charge in [-0.2, -0.15) is 0 Å². The highest BCUT2D eigenvalue weighted by Gasteiger charge is 2.00. The third-order valence-corrected chi connectivity index (χ3v) is 2.13. The smallest absolute Gasteiger partial charge is 0.0253 e. The predicted molar refractivity (Wildman–Crippen MR) is 54.5 cm³/mol. The van der Waals surface area contributed by atoms with E-state index in [-0.39, 0.29) is 0 Å². The van der Waals surface area contributed by atoms with E-state index in [1.807, 2.05) is 0 Å². The van der Waals surface area contributed by atoms with Crippen LogP contribution in [-0.4, -0.2) is 0 Å². The minimum Gasteiger partial charge on any atom is -0.0625 e. The lowest BCUT2D eigenvalue weighted by Gasteiger charge is -2.08. The molecule has 0 unspecified atom stereocenters. The second kappa shape index (κ2) is 3.75. The van der Waals surface area contributed by atoms with Gasteiger partial charge in [0.1, 0.15) is 0 Å². The van der Waals surface area contributed by atoms with Crippen LogP contribution in [0, 0.1) is 19.8 Å². The number of rotatable bonds is 2. The fourth-order valence-corrected chi connectivity index (χ4v) is 1.51. The summed E-state index contributed by atoms with van der Waals surface area (Å²) in [5, 5.41) is 0. The van der Waals surface area contributed by atoms with Crippen LogP contribution >= 0.6 is 0 Å². The van der Waals surface area contributed by atoms with Gasteiger partial charge in [0.05, 0.1) is 0 Å². The molecule has 0 amide bonds. The van der Waals surface area contributed by atoms with Gasteiger partial charge in [-0.15, -0.1) is 0 Å². The monoisotopic (exact) mass is 162 g/mol. The highest BCUT2D eigenvalue weighted by atomic mass is 14.1. The van der Waals surface area contributed by atoms with Crippen molar-refractivity contribution < 1.29 is 0 Å². The van der Waals surface area contributed by atoms with Gasteiger partial charge in [-0.25, -0.2) is 0 Å². The molecule has 12 heavy (non-hydrogen) atoms. The summed E-state index contributed by atoms with van der Waals surface area (Å²) in [6.45, 7) is 8.87. The molecule has 0 spiro atoms. The third-order valence-electron chi connectivity index (χ3n) is 2.13. The molecule has 0 aliphatic rings. The van der Waals surface area contributed by atoms with Gasteiger partial charge in [-0.05, 0) is 37.3 Å². The summed E-state index contributed by atoms with van der Waals surface area (Å²) in [7, 11) is 0. The summed E-state index contributed by atoms with van der Waals surface area (Å²) in [5.41, 5.74) is 4.29. The summed E-state index contributed by atoms with van der Waals surface area (Å²) in [6.07, 6.45) is 1.20. The van der Waals surface area contributed by atoms with Crippen LogP contribution in [-0.2, 0) is 6.42 Å². The Balaban J connectivity index is 2.86. The Kier molecular flexibility index (Phi) is 2.91. The van der Waals surface area contributed by atoms with Crippen molar-refractivity contribution in [2.75, 3.05) is 0 Å². The zero-order chi connectivity index (χ0) is 9.14. The van der Waals surface area contributed by atoms with E-state index in [1.54, 1.807) is 0 Å². The van der Waals surface area contributed by atoms with E-state index < -0.39 is 0 Å². The Labute approximate surface area is 75.6 Å². The molecule has 66 valence electrons. The average molecular weight is 162 g/mol.